The van der Waals surface area contributed by atoms with E-state index >= 15 is 0 Å². The molecule has 1 aliphatic rings. The molecule has 3 nitrogen and oxygen atoms in total. The third-order valence-electron chi connectivity index (χ3n) is 3.40. The SMILES string of the molecule is OCCN1CCCC1CCc1ccncc1. The molecule has 0 aromatic carbocycles. The molecule has 1 aromatic rings. The van der Waals surface area contributed by atoms with Crippen LogP contribution in [0.3, 0.4) is 0 Å². The van der Waals surface area contributed by atoms with Crippen LogP contribution in [0.5, 0.6) is 0 Å². The van der Waals surface area contributed by atoms with Crippen LogP contribution in [0.1, 0.15) is 24.8 Å². The maximum atomic E-state index is 8.98. The summed E-state index contributed by atoms with van der Waals surface area (Å²) >= 11 is 0. The molecular formula is C13H20N2O. The van der Waals surface area contributed by atoms with Gasteiger partial charge in [0.05, 0.1) is 6.61 Å². The van der Waals surface area contributed by atoms with E-state index < -0.39 is 0 Å². The second-order valence-electron chi connectivity index (χ2n) is 4.45. The van der Waals surface area contributed by atoms with E-state index in [0.717, 1.165) is 19.5 Å². The molecule has 1 atom stereocenters. The molecule has 1 fully saturated rings. The first-order valence-corrected chi connectivity index (χ1v) is 6.14. The molecule has 0 bridgehead atoms. The normalized spacial score (nSPS) is 21.4. The van der Waals surface area contributed by atoms with E-state index in [0.29, 0.717) is 6.04 Å². The minimum atomic E-state index is 0.283. The Bertz CT molecular complexity index is 302. The van der Waals surface area contributed by atoms with Crippen LogP contribution >= 0.6 is 0 Å². The van der Waals surface area contributed by atoms with Crippen molar-refractivity contribution in [1.82, 2.24) is 9.88 Å². The molecule has 1 N–H and O–H groups in total. The van der Waals surface area contributed by atoms with E-state index in [1.807, 2.05) is 12.4 Å². The van der Waals surface area contributed by atoms with Crippen molar-refractivity contribution in [3.8, 4) is 0 Å². The molecular weight excluding hydrogens is 200 g/mol. The number of rotatable bonds is 5. The fraction of sp³-hybridized carbons (Fsp3) is 0.615. The highest BCUT2D eigenvalue weighted by Gasteiger charge is 2.23. The summed E-state index contributed by atoms with van der Waals surface area (Å²) in [7, 11) is 0. The summed E-state index contributed by atoms with van der Waals surface area (Å²) in [6.07, 6.45) is 8.59. The van der Waals surface area contributed by atoms with E-state index in [2.05, 4.69) is 22.0 Å². The number of hydrogen-bond donors (Lipinski definition) is 1. The number of aryl methyl sites for hydroxylation is 1. The van der Waals surface area contributed by atoms with Gasteiger partial charge in [-0.1, -0.05) is 0 Å². The molecule has 0 saturated carbocycles. The van der Waals surface area contributed by atoms with Crippen molar-refractivity contribution in [3.05, 3.63) is 30.1 Å². The number of hydrogen-bond acceptors (Lipinski definition) is 3. The molecule has 1 aliphatic heterocycles. The van der Waals surface area contributed by atoms with E-state index in [9.17, 15) is 0 Å². The molecule has 0 aliphatic carbocycles. The predicted octanol–water partition coefficient (Wildman–Crippen LogP) is 1.47. The summed E-state index contributed by atoms with van der Waals surface area (Å²) in [6, 6.07) is 4.84. The van der Waals surface area contributed by atoms with Gasteiger partial charge in [0, 0.05) is 25.0 Å². The Morgan fingerprint density at radius 3 is 2.94 bits per heavy atom. The van der Waals surface area contributed by atoms with Gasteiger partial charge >= 0.3 is 0 Å². The van der Waals surface area contributed by atoms with Crippen LogP contribution in [-0.2, 0) is 6.42 Å². The zero-order chi connectivity index (χ0) is 11.2. The lowest BCUT2D eigenvalue weighted by atomic mass is 10.0. The monoisotopic (exact) mass is 220 g/mol. The maximum absolute atomic E-state index is 8.98. The van der Waals surface area contributed by atoms with Crippen molar-refractivity contribution in [2.24, 2.45) is 0 Å². The number of aliphatic hydroxyl groups is 1. The second-order valence-corrected chi connectivity index (χ2v) is 4.45. The molecule has 1 saturated heterocycles. The zero-order valence-electron chi connectivity index (χ0n) is 9.68. The molecule has 0 radical (unpaired) electrons. The third-order valence-corrected chi connectivity index (χ3v) is 3.40. The van der Waals surface area contributed by atoms with E-state index in [-0.39, 0.29) is 6.61 Å². The topological polar surface area (TPSA) is 36.4 Å². The van der Waals surface area contributed by atoms with Crippen LogP contribution < -0.4 is 0 Å². The number of β-amino-alcohol motifs (C(OH)–C–C–N with tert-alkyl or cyclic N) is 1. The average Bonchev–Trinajstić information content (AvgIpc) is 2.76. The van der Waals surface area contributed by atoms with Crippen LogP contribution in [0.2, 0.25) is 0 Å². The molecule has 2 rings (SSSR count). The van der Waals surface area contributed by atoms with Gasteiger partial charge < -0.3 is 5.11 Å². The molecule has 0 amide bonds. The van der Waals surface area contributed by atoms with E-state index in [4.69, 9.17) is 5.11 Å². The van der Waals surface area contributed by atoms with Crippen molar-refractivity contribution in [1.29, 1.82) is 0 Å². The number of pyridine rings is 1. The Morgan fingerprint density at radius 1 is 1.38 bits per heavy atom. The second kappa shape index (κ2) is 5.97. The Morgan fingerprint density at radius 2 is 2.19 bits per heavy atom. The number of nitrogens with zero attached hydrogens (tertiary/aromatic N) is 2. The van der Waals surface area contributed by atoms with Crippen molar-refractivity contribution >= 4 is 0 Å². The van der Waals surface area contributed by atoms with Crippen LogP contribution in [0.25, 0.3) is 0 Å². The highest BCUT2D eigenvalue weighted by molar-refractivity contribution is 5.10. The quantitative estimate of drug-likeness (QED) is 0.816. The van der Waals surface area contributed by atoms with E-state index in [1.165, 1.54) is 24.8 Å². The first-order valence-electron chi connectivity index (χ1n) is 6.14. The lowest BCUT2D eigenvalue weighted by Gasteiger charge is -2.23. The lowest BCUT2D eigenvalue weighted by Crippen LogP contribution is -2.32. The summed E-state index contributed by atoms with van der Waals surface area (Å²) in [4.78, 5) is 6.44. The maximum Gasteiger partial charge on any atom is 0.0558 e. The van der Waals surface area contributed by atoms with Crippen molar-refractivity contribution in [3.63, 3.8) is 0 Å². The van der Waals surface area contributed by atoms with E-state index in [1.54, 1.807) is 0 Å². The van der Waals surface area contributed by atoms with Crippen LogP contribution in [0, 0.1) is 0 Å². The molecule has 16 heavy (non-hydrogen) atoms. The smallest absolute Gasteiger partial charge is 0.0558 e. The Labute approximate surface area is 97.1 Å². The third kappa shape index (κ3) is 3.03. The Balaban J connectivity index is 1.81. The summed E-state index contributed by atoms with van der Waals surface area (Å²) in [6.45, 7) is 2.27. The highest BCUT2D eigenvalue weighted by atomic mass is 16.3. The molecule has 1 unspecified atom stereocenters. The van der Waals surface area contributed by atoms with Gasteiger partial charge in [0.25, 0.3) is 0 Å². The predicted molar refractivity (Wildman–Crippen MR) is 64.2 cm³/mol. The van der Waals surface area contributed by atoms with Gasteiger partial charge in [0.15, 0.2) is 0 Å². The Hall–Kier alpha value is -0.930. The largest absolute Gasteiger partial charge is 0.395 e. The minimum absolute atomic E-state index is 0.283. The summed E-state index contributed by atoms with van der Waals surface area (Å²) in [5.74, 6) is 0. The molecule has 3 heteroatoms. The standard InChI is InChI=1S/C13H20N2O/c16-11-10-15-9-1-2-13(15)4-3-12-5-7-14-8-6-12/h5-8,13,16H,1-4,9-11H2. The van der Waals surface area contributed by atoms with Gasteiger partial charge in [-0.05, 0) is 49.9 Å². The van der Waals surface area contributed by atoms with Crippen molar-refractivity contribution in [2.75, 3.05) is 19.7 Å². The summed E-state index contributed by atoms with van der Waals surface area (Å²) in [5.41, 5.74) is 1.37. The van der Waals surface area contributed by atoms with Crippen LogP contribution in [0.4, 0.5) is 0 Å². The Kier molecular flexibility index (Phi) is 4.31. The van der Waals surface area contributed by atoms with Crippen molar-refractivity contribution < 1.29 is 5.11 Å². The number of aromatic nitrogens is 1. The summed E-state index contributed by atoms with van der Waals surface area (Å²) in [5, 5.41) is 8.98. The first-order chi connectivity index (χ1) is 7.90. The first kappa shape index (κ1) is 11.6. The van der Waals surface area contributed by atoms with Gasteiger partial charge in [-0.25, -0.2) is 0 Å². The molecule has 1 aromatic heterocycles. The number of aliphatic hydroxyl groups excluding tert-OH is 1. The minimum Gasteiger partial charge on any atom is -0.395 e. The average molecular weight is 220 g/mol. The van der Waals surface area contributed by atoms with Gasteiger partial charge in [0.2, 0.25) is 0 Å². The highest BCUT2D eigenvalue weighted by Crippen LogP contribution is 2.21. The van der Waals surface area contributed by atoms with Gasteiger partial charge in [-0.3, -0.25) is 9.88 Å². The summed E-state index contributed by atoms with van der Waals surface area (Å²) < 4.78 is 0. The fourth-order valence-electron chi connectivity index (χ4n) is 2.53. The zero-order valence-corrected chi connectivity index (χ0v) is 9.68. The molecule has 0 spiro atoms. The number of likely N-dealkylation sites (tertiary alicyclic amines) is 1. The van der Waals surface area contributed by atoms with Crippen molar-refractivity contribution in [2.45, 2.75) is 31.7 Å². The van der Waals surface area contributed by atoms with Gasteiger partial charge in [0.1, 0.15) is 0 Å². The van der Waals surface area contributed by atoms with Crippen LogP contribution in [-0.4, -0.2) is 40.7 Å². The van der Waals surface area contributed by atoms with Gasteiger partial charge in [-0.2, -0.15) is 0 Å². The fourth-order valence-corrected chi connectivity index (χ4v) is 2.53. The molecule has 88 valence electrons. The van der Waals surface area contributed by atoms with Crippen LogP contribution in [0.15, 0.2) is 24.5 Å². The lowest BCUT2D eigenvalue weighted by molar-refractivity contribution is 0.180. The van der Waals surface area contributed by atoms with Gasteiger partial charge in [-0.15, -0.1) is 0 Å². The molecule has 2 heterocycles.